The van der Waals surface area contributed by atoms with Gasteiger partial charge in [-0.25, -0.2) is 0 Å². The summed E-state index contributed by atoms with van der Waals surface area (Å²) in [5, 5.41) is 5.85. The molecule has 1 aliphatic rings. The van der Waals surface area contributed by atoms with Gasteiger partial charge in [0.25, 0.3) is 22.6 Å². The zero-order chi connectivity index (χ0) is 6.53. The molecular weight excluding hydrogens is 147 g/mol. The van der Waals surface area contributed by atoms with Gasteiger partial charge in [0.1, 0.15) is 10.5 Å². The predicted molar refractivity (Wildman–Crippen MR) is 44.9 cm³/mol. The van der Waals surface area contributed by atoms with Crippen LogP contribution in [0.5, 0.6) is 0 Å². The highest BCUT2D eigenvalue weighted by atomic mass is 28.3. The maximum atomic E-state index is 5.13. The first-order chi connectivity index (χ1) is 4.43. The van der Waals surface area contributed by atoms with Crippen molar-refractivity contribution in [3.8, 4) is 0 Å². The van der Waals surface area contributed by atoms with E-state index in [-0.39, 0.29) is 0 Å². The monoisotopic (exact) mass is 154 g/mol. The molecule has 3 radical (unpaired) electrons. The molecule has 1 aliphatic heterocycles. The minimum atomic E-state index is -0.485. The van der Waals surface area contributed by atoms with E-state index in [2.05, 4.69) is 10.3 Å². The fraction of sp³-hybridized carbons (Fsp3) is 0. The Morgan fingerprint density at radius 3 is 2.67 bits per heavy atom. The Balaban J connectivity index is 2.08. The number of rotatable bonds is 2. The first-order valence-corrected chi connectivity index (χ1v) is 4.71. The molecule has 9 heavy (non-hydrogen) atoms. The van der Waals surface area contributed by atoms with Crippen molar-refractivity contribution in [2.75, 3.05) is 0 Å². The summed E-state index contributed by atoms with van der Waals surface area (Å²) in [6, 6.07) is 0. The minimum Gasteiger partial charge on any atom is -0.458 e. The average molecular weight is 154 g/mol. The number of nitrogens with zero attached hydrogens (tertiary/aromatic N) is 1. The third-order valence-corrected chi connectivity index (χ3v) is 2.62. The molecule has 0 spiro atoms. The van der Waals surface area contributed by atoms with Crippen molar-refractivity contribution in [3.63, 3.8) is 0 Å². The molecule has 4 nitrogen and oxygen atoms in total. The summed E-state index contributed by atoms with van der Waals surface area (Å²) in [5.41, 5.74) is 0. The SMILES string of the molecule is [SiH3]O[SiH2]N1[B]N[B]N[B]1. The summed E-state index contributed by atoms with van der Waals surface area (Å²) < 4.78 is 7.15. The van der Waals surface area contributed by atoms with Gasteiger partial charge in [0.2, 0.25) is 9.92 Å². The number of nitrogens with one attached hydrogen (secondary N) is 2. The lowest BCUT2D eigenvalue weighted by atomic mass is 9.85. The fourth-order valence-electron chi connectivity index (χ4n) is 0.575. The summed E-state index contributed by atoms with van der Waals surface area (Å²) in [5.74, 6) is 0. The van der Waals surface area contributed by atoms with Crippen LogP contribution in [0.25, 0.3) is 0 Å². The molecule has 0 bridgehead atoms. The molecule has 0 saturated carbocycles. The van der Waals surface area contributed by atoms with Crippen molar-refractivity contribution in [1.82, 2.24) is 14.7 Å². The smallest absolute Gasteiger partial charge is 0.284 e. The summed E-state index contributed by atoms with van der Waals surface area (Å²) in [4.78, 5) is 0. The van der Waals surface area contributed by atoms with Crippen LogP contribution in [0.15, 0.2) is 0 Å². The van der Waals surface area contributed by atoms with E-state index in [1.807, 2.05) is 19.5 Å². The predicted octanol–water partition coefficient (Wildman–Crippen LogP) is -4.62. The van der Waals surface area contributed by atoms with Crippen molar-refractivity contribution >= 4 is 43.1 Å². The molecule has 9 heteroatoms. The lowest BCUT2D eigenvalue weighted by Gasteiger charge is -2.23. The highest BCUT2D eigenvalue weighted by Gasteiger charge is 2.12. The van der Waals surface area contributed by atoms with Crippen LogP contribution in [0.2, 0.25) is 0 Å². The largest absolute Gasteiger partial charge is 0.458 e. The molecule has 0 atom stereocenters. The van der Waals surface area contributed by atoms with Gasteiger partial charge in [-0.05, 0) is 0 Å². The molecule has 45 valence electrons. The van der Waals surface area contributed by atoms with E-state index in [1.54, 1.807) is 7.55 Å². The van der Waals surface area contributed by atoms with Gasteiger partial charge in [-0.2, -0.15) is 0 Å². The fourth-order valence-corrected chi connectivity index (χ4v) is 2.13. The summed E-state index contributed by atoms with van der Waals surface area (Å²) in [7, 11) is 5.89. The van der Waals surface area contributed by atoms with Crippen LogP contribution in [0.3, 0.4) is 0 Å². The Labute approximate surface area is 62.5 Å². The molecule has 0 unspecified atom stereocenters. The lowest BCUT2D eigenvalue weighted by Crippen LogP contribution is -2.59. The first kappa shape index (κ1) is 7.57. The van der Waals surface area contributed by atoms with Crippen LogP contribution in [-0.4, -0.2) is 47.4 Å². The van der Waals surface area contributed by atoms with Gasteiger partial charge in [0.05, 0.1) is 0 Å². The van der Waals surface area contributed by atoms with Crippen LogP contribution in [0.1, 0.15) is 0 Å². The Bertz CT molecular complexity index is 74.7. The highest BCUT2D eigenvalue weighted by Crippen LogP contribution is 1.76. The maximum Gasteiger partial charge on any atom is 0.284 e. The summed E-state index contributed by atoms with van der Waals surface area (Å²) in [6.07, 6.45) is 0. The van der Waals surface area contributed by atoms with E-state index >= 15 is 0 Å². The second kappa shape index (κ2) is 4.31. The van der Waals surface area contributed by atoms with Crippen molar-refractivity contribution in [3.05, 3.63) is 0 Å². The molecule has 1 fully saturated rings. The molecule has 0 aromatic heterocycles. The zero-order valence-electron chi connectivity index (χ0n) is 5.29. The average Bonchev–Trinajstić information content (AvgIpc) is 1.91. The van der Waals surface area contributed by atoms with E-state index in [0.29, 0.717) is 0 Å². The van der Waals surface area contributed by atoms with Crippen molar-refractivity contribution in [1.29, 1.82) is 0 Å². The van der Waals surface area contributed by atoms with Crippen LogP contribution < -0.4 is 10.3 Å². The van der Waals surface area contributed by atoms with E-state index < -0.39 is 9.92 Å². The topological polar surface area (TPSA) is 36.5 Å². The molecular formula is H7B3N3OSi2. The van der Waals surface area contributed by atoms with Gasteiger partial charge in [0.15, 0.2) is 0 Å². The van der Waals surface area contributed by atoms with Gasteiger partial charge in [0, 0.05) is 0 Å². The first-order valence-electron chi connectivity index (χ1n) is 2.68. The van der Waals surface area contributed by atoms with E-state index in [9.17, 15) is 0 Å². The van der Waals surface area contributed by atoms with Crippen molar-refractivity contribution in [2.45, 2.75) is 0 Å². The Morgan fingerprint density at radius 1 is 1.44 bits per heavy atom. The number of hydrogen-bond acceptors (Lipinski definition) is 4. The molecule has 0 aromatic rings. The molecule has 1 heterocycles. The third-order valence-electron chi connectivity index (χ3n) is 0.926. The molecule has 0 aromatic carbocycles. The Morgan fingerprint density at radius 2 is 2.11 bits per heavy atom. The maximum absolute atomic E-state index is 5.13. The van der Waals surface area contributed by atoms with Gasteiger partial charge >= 0.3 is 0 Å². The zero-order valence-corrected chi connectivity index (χ0v) is 8.71. The second-order valence-electron chi connectivity index (χ2n) is 1.67. The summed E-state index contributed by atoms with van der Waals surface area (Å²) >= 11 is 0. The number of hydrogen-bond donors (Lipinski definition) is 2. The van der Waals surface area contributed by atoms with Crippen LogP contribution in [0, 0.1) is 0 Å². The van der Waals surface area contributed by atoms with Gasteiger partial charge in [-0.3, -0.25) is 0 Å². The molecule has 1 rings (SSSR count). The quantitative estimate of drug-likeness (QED) is 0.392. The van der Waals surface area contributed by atoms with Gasteiger partial charge < -0.3 is 18.8 Å². The molecule has 0 amide bonds. The lowest BCUT2D eigenvalue weighted by molar-refractivity contribution is 0.626. The molecule has 1 saturated heterocycles. The van der Waals surface area contributed by atoms with E-state index in [0.717, 1.165) is 10.5 Å². The van der Waals surface area contributed by atoms with Gasteiger partial charge in [-0.1, -0.05) is 0 Å². The van der Waals surface area contributed by atoms with Crippen LogP contribution in [-0.2, 0) is 4.12 Å². The van der Waals surface area contributed by atoms with Crippen LogP contribution >= 0.6 is 0 Å². The summed E-state index contributed by atoms with van der Waals surface area (Å²) in [6.45, 7) is 0. The highest BCUT2D eigenvalue weighted by molar-refractivity contribution is 6.73. The Kier molecular flexibility index (Phi) is 3.63. The van der Waals surface area contributed by atoms with E-state index in [4.69, 9.17) is 4.12 Å². The van der Waals surface area contributed by atoms with Gasteiger partial charge in [-0.15, -0.1) is 0 Å². The third kappa shape index (κ3) is 2.69. The normalized spacial score (nSPS) is 21.3. The molecule has 0 aliphatic carbocycles. The van der Waals surface area contributed by atoms with Crippen molar-refractivity contribution < 1.29 is 4.12 Å². The van der Waals surface area contributed by atoms with E-state index in [1.165, 1.54) is 0 Å². The Hall–Kier alpha value is 0.469. The standard InChI is InChI=1S/B3H7N3OSi2/c8-7-9-6-2-4-1-5-3-6/h4-5H,9H2,8H3. The van der Waals surface area contributed by atoms with Crippen molar-refractivity contribution in [2.24, 2.45) is 0 Å². The molecule has 2 N–H and O–H groups in total. The second-order valence-corrected chi connectivity index (χ2v) is 4.97. The minimum absolute atomic E-state index is 0.485. The van der Waals surface area contributed by atoms with Crippen LogP contribution in [0.4, 0.5) is 0 Å².